The molecule has 1 amide bonds. The van der Waals surface area contributed by atoms with Gasteiger partial charge in [-0.2, -0.15) is 0 Å². The van der Waals surface area contributed by atoms with Crippen LogP contribution in [0.3, 0.4) is 0 Å². The Balaban J connectivity index is 1.36. The minimum atomic E-state index is -0.465. The van der Waals surface area contributed by atoms with Crippen molar-refractivity contribution in [2.24, 2.45) is 23.2 Å². The Morgan fingerprint density at radius 2 is 1.70 bits per heavy atom. The second-order valence-corrected chi connectivity index (χ2v) is 8.85. The Morgan fingerprint density at radius 1 is 1.11 bits per heavy atom. The summed E-state index contributed by atoms with van der Waals surface area (Å²) < 4.78 is 10.4. The molecule has 4 bridgehead atoms. The summed E-state index contributed by atoms with van der Waals surface area (Å²) in [5, 5.41) is 3.19. The van der Waals surface area contributed by atoms with Crippen LogP contribution >= 0.6 is 0 Å². The maximum atomic E-state index is 12.5. The van der Waals surface area contributed by atoms with E-state index in [0.29, 0.717) is 11.3 Å². The lowest BCUT2D eigenvalue weighted by atomic mass is 9.48. The van der Waals surface area contributed by atoms with Gasteiger partial charge in [-0.3, -0.25) is 4.79 Å². The number of hydrogen-bond acceptors (Lipinski definition) is 4. The van der Waals surface area contributed by atoms with Gasteiger partial charge in [0.1, 0.15) is 11.3 Å². The topological polar surface area (TPSA) is 64.6 Å². The zero-order valence-electron chi connectivity index (χ0n) is 16.2. The Hall–Kier alpha value is -2.04. The van der Waals surface area contributed by atoms with Crippen LogP contribution in [0.25, 0.3) is 0 Å². The molecule has 0 aliphatic heterocycles. The van der Waals surface area contributed by atoms with E-state index in [-0.39, 0.29) is 24.0 Å². The first-order valence-electron chi connectivity index (χ1n) is 10.1. The van der Waals surface area contributed by atoms with Crippen LogP contribution < -0.4 is 10.1 Å². The van der Waals surface area contributed by atoms with Crippen LogP contribution in [-0.4, -0.2) is 31.6 Å². The van der Waals surface area contributed by atoms with Crippen molar-refractivity contribution in [1.29, 1.82) is 0 Å². The van der Waals surface area contributed by atoms with E-state index in [1.54, 1.807) is 24.3 Å². The van der Waals surface area contributed by atoms with E-state index in [9.17, 15) is 9.59 Å². The number of carbonyl (C=O) groups is 2. The van der Waals surface area contributed by atoms with Gasteiger partial charge in [-0.1, -0.05) is 12.1 Å². The van der Waals surface area contributed by atoms with Crippen molar-refractivity contribution in [3.05, 3.63) is 29.8 Å². The molecule has 4 aliphatic rings. The third kappa shape index (κ3) is 3.56. The fourth-order valence-corrected chi connectivity index (χ4v) is 6.16. The first kappa shape index (κ1) is 18.3. The summed E-state index contributed by atoms with van der Waals surface area (Å²) in [5.41, 5.74) is 0.607. The zero-order valence-corrected chi connectivity index (χ0v) is 16.2. The van der Waals surface area contributed by atoms with Gasteiger partial charge in [0.15, 0.2) is 6.61 Å². The van der Waals surface area contributed by atoms with Crippen LogP contribution in [0.5, 0.6) is 5.75 Å². The van der Waals surface area contributed by atoms with Gasteiger partial charge in [0, 0.05) is 6.04 Å². The first-order chi connectivity index (χ1) is 13.0. The lowest BCUT2D eigenvalue weighted by Gasteiger charge is -2.59. The number of benzene rings is 1. The Bertz CT molecular complexity index is 693. The first-order valence-corrected chi connectivity index (χ1v) is 10.1. The van der Waals surface area contributed by atoms with Crippen molar-refractivity contribution in [1.82, 2.24) is 5.32 Å². The number of para-hydroxylation sites is 1. The molecular formula is C22H29NO4. The quantitative estimate of drug-likeness (QED) is 0.777. The van der Waals surface area contributed by atoms with Crippen LogP contribution in [-0.2, 0) is 9.53 Å². The number of amides is 1. The molecule has 1 aromatic carbocycles. The van der Waals surface area contributed by atoms with E-state index >= 15 is 0 Å². The van der Waals surface area contributed by atoms with Crippen molar-refractivity contribution in [3.8, 4) is 5.75 Å². The van der Waals surface area contributed by atoms with Crippen molar-refractivity contribution in [2.75, 3.05) is 13.7 Å². The van der Waals surface area contributed by atoms with Crippen molar-refractivity contribution in [3.63, 3.8) is 0 Å². The maximum absolute atomic E-state index is 12.5. The average molecular weight is 371 g/mol. The number of rotatable bonds is 6. The highest BCUT2D eigenvalue weighted by Gasteiger charge is 2.53. The van der Waals surface area contributed by atoms with E-state index in [2.05, 4.69) is 12.2 Å². The van der Waals surface area contributed by atoms with E-state index in [1.165, 1.54) is 45.6 Å². The van der Waals surface area contributed by atoms with Gasteiger partial charge < -0.3 is 14.8 Å². The van der Waals surface area contributed by atoms with E-state index in [0.717, 1.165) is 17.8 Å². The van der Waals surface area contributed by atoms with Crippen molar-refractivity contribution >= 4 is 11.9 Å². The molecule has 4 aliphatic carbocycles. The van der Waals surface area contributed by atoms with Gasteiger partial charge in [0.05, 0.1) is 7.11 Å². The second kappa shape index (κ2) is 7.17. The molecule has 5 rings (SSSR count). The molecule has 0 heterocycles. The molecular weight excluding hydrogens is 342 g/mol. The summed E-state index contributed by atoms with van der Waals surface area (Å²) in [6.07, 6.45) is 7.96. The summed E-state index contributed by atoms with van der Waals surface area (Å²) in [5.74, 6) is 2.36. The number of methoxy groups -OCH3 is 1. The molecule has 0 aromatic heterocycles. The summed E-state index contributed by atoms with van der Waals surface area (Å²) in [6.45, 7) is 2.07. The minimum absolute atomic E-state index is 0.0925. The van der Waals surface area contributed by atoms with Crippen molar-refractivity contribution < 1.29 is 19.1 Å². The van der Waals surface area contributed by atoms with Gasteiger partial charge >= 0.3 is 5.97 Å². The smallest absolute Gasteiger partial charge is 0.341 e. The Labute approximate surface area is 160 Å². The van der Waals surface area contributed by atoms with Crippen LogP contribution in [0.15, 0.2) is 24.3 Å². The van der Waals surface area contributed by atoms with E-state index in [1.807, 2.05) is 0 Å². The molecule has 27 heavy (non-hydrogen) atoms. The summed E-state index contributed by atoms with van der Waals surface area (Å²) >= 11 is 0. The summed E-state index contributed by atoms with van der Waals surface area (Å²) in [4.78, 5) is 24.3. The lowest BCUT2D eigenvalue weighted by molar-refractivity contribution is -0.127. The van der Waals surface area contributed by atoms with Crippen LogP contribution in [0.1, 0.15) is 55.8 Å². The normalized spacial score (nSPS) is 32.0. The van der Waals surface area contributed by atoms with Crippen LogP contribution in [0.2, 0.25) is 0 Å². The third-order valence-corrected chi connectivity index (χ3v) is 7.03. The molecule has 5 heteroatoms. The van der Waals surface area contributed by atoms with E-state index in [4.69, 9.17) is 9.47 Å². The molecule has 5 nitrogen and oxygen atoms in total. The zero-order chi connectivity index (χ0) is 19.0. The SMILES string of the molecule is COC(=O)c1ccccc1OCC(=O)N[C@@H](C)C12CC3CC(CC(C3)C1)C2. The minimum Gasteiger partial charge on any atom is -0.483 e. The highest BCUT2D eigenvalue weighted by atomic mass is 16.5. The molecule has 0 saturated heterocycles. The number of nitrogens with one attached hydrogen (secondary N) is 1. The van der Waals surface area contributed by atoms with Gasteiger partial charge in [0.2, 0.25) is 0 Å². The lowest BCUT2D eigenvalue weighted by Crippen LogP contribution is -2.56. The standard InChI is InChI=1S/C22H29NO4/c1-14(22-10-15-7-16(11-22)9-17(8-15)12-22)23-20(24)13-27-19-6-4-3-5-18(19)21(25)26-2/h3-6,14-17H,7-13H2,1-2H3,(H,23,24)/t14-,15?,16?,17?,22?/m0/s1. The highest BCUT2D eigenvalue weighted by Crippen LogP contribution is 2.61. The summed E-state index contributed by atoms with van der Waals surface area (Å²) in [7, 11) is 1.33. The molecule has 0 radical (unpaired) electrons. The second-order valence-electron chi connectivity index (χ2n) is 8.85. The van der Waals surface area contributed by atoms with E-state index < -0.39 is 5.97 Å². The van der Waals surface area contributed by atoms with Crippen LogP contribution in [0.4, 0.5) is 0 Å². The molecule has 4 fully saturated rings. The Morgan fingerprint density at radius 3 is 2.30 bits per heavy atom. The predicted molar refractivity (Wildman–Crippen MR) is 101 cm³/mol. The van der Waals surface area contributed by atoms with Gasteiger partial charge in [-0.05, 0) is 80.8 Å². The highest BCUT2D eigenvalue weighted by molar-refractivity contribution is 5.92. The average Bonchev–Trinajstić information content (AvgIpc) is 2.65. The number of ether oxygens (including phenoxy) is 2. The largest absolute Gasteiger partial charge is 0.483 e. The number of carbonyl (C=O) groups excluding carboxylic acids is 2. The third-order valence-electron chi connectivity index (χ3n) is 7.03. The number of esters is 1. The molecule has 0 unspecified atom stereocenters. The monoisotopic (exact) mass is 371 g/mol. The molecule has 1 aromatic rings. The van der Waals surface area contributed by atoms with Gasteiger partial charge in [-0.15, -0.1) is 0 Å². The molecule has 1 atom stereocenters. The molecule has 146 valence electrons. The number of hydrogen-bond donors (Lipinski definition) is 1. The molecule has 0 spiro atoms. The maximum Gasteiger partial charge on any atom is 0.341 e. The van der Waals surface area contributed by atoms with Crippen LogP contribution in [0, 0.1) is 23.2 Å². The Kier molecular flexibility index (Phi) is 4.87. The summed E-state index contributed by atoms with van der Waals surface area (Å²) in [6, 6.07) is 7.00. The fraction of sp³-hybridized carbons (Fsp3) is 0.636. The fourth-order valence-electron chi connectivity index (χ4n) is 6.16. The van der Waals surface area contributed by atoms with Gasteiger partial charge in [-0.25, -0.2) is 4.79 Å². The van der Waals surface area contributed by atoms with Crippen molar-refractivity contribution in [2.45, 2.75) is 51.5 Å². The van der Waals surface area contributed by atoms with Gasteiger partial charge in [0.25, 0.3) is 5.91 Å². The molecule has 1 N–H and O–H groups in total. The predicted octanol–water partition coefficient (Wildman–Crippen LogP) is 3.57. The molecule has 4 saturated carbocycles.